The number of hydrogen-bond donors (Lipinski definition) is 2. The summed E-state index contributed by atoms with van der Waals surface area (Å²) in [5.74, 6) is 0. The molecule has 0 saturated carbocycles. The number of nitrogens with one attached hydrogen (secondary N) is 1. The van der Waals surface area contributed by atoms with Gasteiger partial charge in [0.05, 0.1) is 26.4 Å². The predicted molar refractivity (Wildman–Crippen MR) is 69.8 cm³/mol. The third kappa shape index (κ3) is 6.11. The monoisotopic (exact) mass is 261 g/mol. The molecule has 1 heterocycles. The van der Waals surface area contributed by atoms with Gasteiger partial charge in [0.1, 0.15) is 0 Å². The van der Waals surface area contributed by atoms with Crippen LogP contribution < -0.4 is 5.32 Å². The SMILES string of the molecule is COCCOCCOCCC1(CO)CCCNC1. The molecule has 1 unspecified atom stereocenters. The maximum Gasteiger partial charge on any atom is 0.0701 e. The summed E-state index contributed by atoms with van der Waals surface area (Å²) in [6.45, 7) is 5.35. The molecule has 1 saturated heterocycles. The van der Waals surface area contributed by atoms with E-state index in [9.17, 15) is 5.11 Å². The molecule has 0 bridgehead atoms. The van der Waals surface area contributed by atoms with Gasteiger partial charge in [-0.3, -0.25) is 0 Å². The third-order valence-electron chi connectivity index (χ3n) is 3.48. The Labute approximate surface area is 110 Å². The van der Waals surface area contributed by atoms with Crippen LogP contribution in [0, 0.1) is 5.41 Å². The maximum absolute atomic E-state index is 9.51. The first-order valence-corrected chi connectivity index (χ1v) is 6.79. The van der Waals surface area contributed by atoms with Gasteiger partial charge in [-0.2, -0.15) is 0 Å². The van der Waals surface area contributed by atoms with Crippen molar-refractivity contribution in [1.29, 1.82) is 0 Å². The second kappa shape index (κ2) is 9.69. The summed E-state index contributed by atoms with van der Waals surface area (Å²) in [5.41, 5.74) is 0.0230. The zero-order valence-corrected chi connectivity index (χ0v) is 11.5. The topological polar surface area (TPSA) is 60.0 Å². The first-order chi connectivity index (χ1) is 8.83. The molecule has 1 aliphatic rings. The number of hydrogen-bond acceptors (Lipinski definition) is 5. The molecule has 1 aliphatic heterocycles. The molecular formula is C13H27NO4. The molecule has 0 aromatic rings. The Morgan fingerprint density at radius 1 is 1.11 bits per heavy atom. The quantitative estimate of drug-likeness (QED) is 0.558. The molecule has 1 atom stereocenters. The first-order valence-electron chi connectivity index (χ1n) is 6.79. The van der Waals surface area contributed by atoms with Crippen molar-refractivity contribution in [2.24, 2.45) is 5.41 Å². The van der Waals surface area contributed by atoms with Crippen molar-refractivity contribution < 1.29 is 19.3 Å². The molecule has 0 radical (unpaired) electrons. The highest BCUT2D eigenvalue weighted by Crippen LogP contribution is 2.29. The van der Waals surface area contributed by atoms with Crippen LogP contribution in [0.2, 0.25) is 0 Å². The number of rotatable bonds is 10. The summed E-state index contributed by atoms with van der Waals surface area (Å²) < 4.78 is 15.7. The molecule has 1 fully saturated rings. The van der Waals surface area contributed by atoms with Gasteiger partial charge in [0.2, 0.25) is 0 Å². The van der Waals surface area contributed by atoms with E-state index in [-0.39, 0.29) is 12.0 Å². The first kappa shape index (κ1) is 15.9. The van der Waals surface area contributed by atoms with E-state index in [2.05, 4.69) is 5.32 Å². The average molecular weight is 261 g/mol. The average Bonchev–Trinajstić information content (AvgIpc) is 2.43. The van der Waals surface area contributed by atoms with Crippen molar-refractivity contribution >= 4 is 0 Å². The molecule has 5 nitrogen and oxygen atoms in total. The highest BCUT2D eigenvalue weighted by atomic mass is 16.5. The highest BCUT2D eigenvalue weighted by Gasteiger charge is 2.30. The van der Waals surface area contributed by atoms with Gasteiger partial charge in [-0.1, -0.05) is 0 Å². The van der Waals surface area contributed by atoms with Crippen LogP contribution in [-0.2, 0) is 14.2 Å². The molecule has 108 valence electrons. The number of aliphatic hydroxyl groups is 1. The summed E-state index contributed by atoms with van der Waals surface area (Å²) in [4.78, 5) is 0. The van der Waals surface area contributed by atoms with Gasteiger partial charge in [0.15, 0.2) is 0 Å². The molecule has 1 rings (SSSR count). The van der Waals surface area contributed by atoms with Gasteiger partial charge in [-0.05, 0) is 25.8 Å². The molecule has 0 aromatic carbocycles. The largest absolute Gasteiger partial charge is 0.396 e. The second-order valence-corrected chi connectivity index (χ2v) is 4.91. The fraction of sp³-hybridized carbons (Fsp3) is 1.00. The van der Waals surface area contributed by atoms with Crippen molar-refractivity contribution in [1.82, 2.24) is 5.32 Å². The minimum Gasteiger partial charge on any atom is -0.396 e. The van der Waals surface area contributed by atoms with Crippen LogP contribution in [0.15, 0.2) is 0 Å². The predicted octanol–water partition coefficient (Wildman–Crippen LogP) is 0.418. The Morgan fingerprint density at radius 3 is 2.44 bits per heavy atom. The maximum atomic E-state index is 9.51. The Bertz CT molecular complexity index is 195. The molecule has 0 amide bonds. The number of aliphatic hydroxyl groups excluding tert-OH is 1. The van der Waals surface area contributed by atoms with E-state index in [0.29, 0.717) is 33.0 Å². The lowest BCUT2D eigenvalue weighted by molar-refractivity contribution is 0.00460. The zero-order chi connectivity index (χ0) is 13.1. The third-order valence-corrected chi connectivity index (χ3v) is 3.48. The van der Waals surface area contributed by atoms with Crippen molar-refractivity contribution in [2.45, 2.75) is 19.3 Å². The van der Waals surface area contributed by atoms with Crippen LogP contribution in [0.1, 0.15) is 19.3 Å². The molecule has 2 N–H and O–H groups in total. The van der Waals surface area contributed by atoms with E-state index in [4.69, 9.17) is 14.2 Å². The van der Waals surface area contributed by atoms with E-state index >= 15 is 0 Å². The second-order valence-electron chi connectivity index (χ2n) is 4.91. The van der Waals surface area contributed by atoms with Crippen molar-refractivity contribution in [2.75, 3.05) is 59.8 Å². The van der Waals surface area contributed by atoms with Crippen molar-refractivity contribution in [3.8, 4) is 0 Å². The Balaban J connectivity index is 1.98. The summed E-state index contributed by atoms with van der Waals surface area (Å²) in [6.07, 6.45) is 3.14. The van der Waals surface area contributed by atoms with E-state index in [0.717, 1.165) is 32.4 Å². The van der Waals surface area contributed by atoms with Gasteiger partial charge in [-0.25, -0.2) is 0 Å². The number of methoxy groups -OCH3 is 1. The van der Waals surface area contributed by atoms with E-state index < -0.39 is 0 Å². The van der Waals surface area contributed by atoms with Gasteiger partial charge < -0.3 is 24.6 Å². The minimum atomic E-state index is 0.0230. The van der Waals surface area contributed by atoms with Crippen LogP contribution >= 0.6 is 0 Å². The van der Waals surface area contributed by atoms with Gasteiger partial charge in [-0.15, -0.1) is 0 Å². The number of ether oxygens (including phenoxy) is 3. The fourth-order valence-electron chi connectivity index (χ4n) is 2.21. The van der Waals surface area contributed by atoms with Crippen LogP contribution in [-0.4, -0.2) is 64.9 Å². The summed E-state index contributed by atoms with van der Waals surface area (Å²) in [6, 6.07) is 0. The fourth-order valence-corrected chi connectivity index (χ4v) is 2.21. The van der Waals surface area contributed by atoms with Crippen LogP contribution in [0.3, 0.4) is 0 Å². The van der Waals surface area contributed by atoms with E-state index in [1.165, 1.54) is 0 Å². The van der Waals surface area contributed by atoms with Crippen LogP contribution in [0.25, 0.3) is 0 Å². The normalized spacial score (nSPS) is 24.3. The van der Waals surface area contributed by atoms with E-state index in [1.54, 1.807) is 7.11 Å². The molecule has 5 heteroatoms. The summed E-state index contributed by atoms with van der Waals surface area (Å²) in [7, 11) is 1.66. The summed E-state index contributed by atoms with van der Waals surface area (Å²) >= 11 is 0. The van der Waals surface area contributed by atoms with Gasteiger partial charge in [0, 0.05) is 32.3 Å². The molecule has 0 spiro atoms. The Morgan fingerprint density at radius 2 is 1.83 bits per heavy atom. The molecular weight excluding hydrogens is 234 g/mol. The Kier molecular flexibility index (Phi) is 8.54. The molecule has 18 heavy (non-hydrogen) atoms. The van der Waals surface area contributed by atoms with Crippen molar-refractivity contribution in [3.63, 3.8) is 0 Å². The van der Waals surface area contributed by atoms with Gasteiger partial charge in [0.25, 0.3) is 0 Å². The molecule has 0 aliphatic carbocycles. The lowest BCUT2D eigenvalue weighted by atomic mass is 9.79. The smallest absolute Gasteiger partial charge is 0.0701 e. The molecule has 0 aromatic heterocycles. The lowest BCUT2D eigenvalue weighted by Crippen LogP contribution is -2.43. The minimum absolute atomic E-state index is 0.0230. The number of piperidine rings is 1. The van der Waals surface area contributed by atoms with Crippen LogP contribution in [0.5, 0.6) is 0 Å². The van der Waals surface area contributed by atoms with Gasteiger partial charge >= 0.3 is 0 Å². The van der Waals surface area contributed by atoms with Crippen LogP contribution in [0.4, 0.5) is 0 Å². The lowest BCUT2D eigenvalue weighted by Gasteiger charge is -2.36. The summed E-state index contributed by atoms with van der Waals surface area (Å²) in [5, 5.41) is 12.9. The van der Waals surface area contributed by atoms with E-state index in [1.807, 2.05) is 0 Å². The standard InChI is InChI=1S/C13H27NO4/c1-16-7-8-18-10-9-17-6-4-13(12-15)3-2-5-14-11-13/h14-15H,2-12H2,1H3. The zero-order valence-electron chi connectivity index (χ0n) is 11.5. The Hall–Kier alpha value is -0.200. The highest BCUT2D eigenvalue weighted by molar-refractivity contribution is 4.84. The van der Waals surface area contributed by atoms with Crippen molar-refractivity contribution in [3.05, 3.63) is 0 Å².